The molecule has 0 aliphatic carbocycles. The molecule has 2 atom stereocenters. The summed E-state index contributed by atoms with van der Waals surface area (Å²) < 4.78 is 0. The highest BCUT2D eigenvalue weighted by Gasteiger charge is 2.16. The maximum Gasteiger partial charge on any atom is 0.0991 e. The molecule has 0 amide bonds. The SMILES string of the molecule is CCC(CC)C(O)CNC(C)c1ccc(C#N)cc1. The molecular weight excluding hydrogens is 236 g/mol. The molecule has 1 aromatic rings. The lowest BCUT2D eigenvalue weighted by Gasteiger charge is -2.23. The molecule has 0 heterocycles. The third-order valence-electron chi connectivity index (χ3n) is 3.77. The number of aliphatic hydroxyl groups excluding tert-OH is 1. The fraction of sp³-hybridized carbons (Fsp3) is 0.562. The summed E-state index contributed by atoms with van der Waals surface area (Å²) in [6.07, 6.45) is 1.71. The molecule has 0 fully saturated rings. The minimum atomic E-state index is -0.296. The zero-order chi connectivity index (χ0) is 14.3. The van der Waals surface area contributed by atoms with Gasteiger partial charge in [-0.3, -0.25) is 0 Å². The largest absolute Gasteiger partial charge is 0.392 e. The van der Waals surface area contributed by atoms with Crippen LogP contribution in [0.25, 0.3) is 0 Å². The molecule has 0 aliphatic rings. The Balaban J connectivity index is 2.50. The summed E-state index contributed by atoms with van der Waals surface area (Å²) in [6, 6.07) is 9.86. The van der Waals surface area contributed by atoms with Crippen molar-refractivity contribution < 1.29 is 5.11 Å². The van der Waals surface area contributed by atoms with Gasteiger partial charge in [0.1, 0.15) is 0 Å². The van der Waals surface area contributed by atoms with E-state index >= 15 is 0 Å². The van der Waals surface area contributed by atoms with Crippen molar-refractivity contribution in [1.29, 1.82) is 5.26 Å². The van der Waals surface area contributed by atoms with Gasteiger partial charge in [0.2, 0.25) is 0 Å². The summed E-state index contributed by atoms with van der Waals surface area (Å²) in [5.41, 5.74) is 1.81. The smallest absolute Gasteiger partial charge is 0.0991 e. The van der Waals surface area contributed by atoms with Gasteiger partial charge in [0.05, 0.1) is 17.7 Å². The van der Waals surface area contributed by atoms with Gasteiger partial charge >= 0.3 is 0 Å². The van der Waals surface area contributed by atoms with Gasteiger partial charge in [-0.1, -0.05) is 38.8 Å². The first-order chi connectivity index (χ1) is 9.12. The van der Waals surface area contributed by atoms with Crippen LogP contribution in [0.3, 0.4) is 0 Å². The maximum atomic E-state index is 10.1. The molecule has 0 aliphatic heterocycles. The molecule has 0 saturated heterocycles. The number of nitriles is 1. The number of benzene rings is 1. The highest BCUT2D eigenvalue weighted by atomic mass is 16.3. The molecule has 1 aromatic carbocycles. The second-order valence-corrected chi connectivity index (χ2v) is 5.01. The summed E-state index contributed by atoms with van der Waals surface area (Å²) >= 11 is 0. The highest BCUT2D eigenvalue weighted by molar-refractivity contribution is 5.32. The minimum Gasteiger partial charge on any atom is -0.392 e. The summed E-state index contributed by atoms with van der Waals surface area (Å²) in [4.78, 5) is 0. The van der Waals surface area contributed by atoms with Crippen molar-refractivity contribution in [3.05, 3.63) is 35.4 Å². The molecule has 2 N–H and O–H groups in total. The number of nitrogens with one attached hydrogen (secondary N) is 1. The molecule has 0 saturated carbocycles. The number of hydrogen-bond donors (Lipinski definition) is 2. The normalized spacial score (nSPS) is 14.1. The predicted molar refractivity (Wildman–Crippen MR) is 77.7 cm³/mol. The standard InChI is InChI=1S/C16H24N2O/c1-4-14(5-2)16(19)11-18-12(3)15-8-6-13(10-17)7-9-15/h6-9,12,14,16,18-19H,4-5,11H2,1-3H3. The minimum absolute atomic E-state index is 0.178. The predicted octanol–water partition coefficient (Wildman–Crippen LogP) is 3.01. The van der Waals surface area contributed by atoms with Crippen LogP contribution in [0.5, 0.6) is 0 Å². The van der Waals surface area contributed by atoms with E-state index in [4.69, 9.17) is 5.26 Å². The first-order valence-corrected chi connectivity index (χ1v) is 7.03. The van der Waals surface area contributed by atoms with Crippen molar-refractivity contribution in [1.82, 2.24) is 5.32 Å². The first-order valence-electron chi connectivity index (χ1n) is 7.03. The average Bonchev–Trinajstić information content (AvgIpc) is 2.46. The van der Waals surface area contributed by atoms with E-state index in [1.807, 2.05) is 24.3 Å². The molecule has 2 unspecified atom stereocenters. The first kappa shape index (κ1) is 15.7. The summed E-state index contributed by atoms with van der Waals surface area (Å²) in [6.45, 7) is 6.90. The van der Waals surface area contributed by atoms with E-state index < -0.39 is 0 Å². The zero-order valence-corrected chi connectivity index (χ0v) is 12.1. The van der Waals surface area contributed by atoms with Crippen molar-refractivity contribution in [2.45, 2.75) is 45.8 Å². The van der Waals surface area contributed by atoms with Gasteiger partial charge in [0, 0.05) is 12.6 Å². The topological polar surface area (TPSA) is 56.0 Å². The summed E-state index contributed by atoms with van der Waals surface area (Å²) in [5.74, 6) is 0.362. The van der Waals surface area contributed by atoms with Gasteiger partial charge in [-0.25, -0.2) is 0 Å². The Hall–Kier alpha value is -1.37. The Kier molecular flexibility index (Phi) is 6.55. The van der Waals surface area contributed by atoms with Gasteiger partial charge in [-0.2, -0.15) is 5.26 Å². The summed E-state index contributed by atoms with van der Waals surface area (Å²) in [7, 11) is 0. The molecule has 3 heteroatoms. The van der Waals surface area contributed by atoms with Crippen LogP contribution in [0.2, 0.25) is 0 Å². The molecule has 0 aromatic heterocycles. The number of hydrogen-bond acceptors (Lipinski definition) is 3. The Morgan fingerprint density at radius 3 is 2.26 bits per heavy atom. The Bertz CT molecular complexity index is 404. The quantitative estimate of drug-likeness (QED) is 0.792. The molecule has 0 spiro atoms. The maximum absolute atomic E-state index is 10.1. The van der Waals surface area contributed by atoms with Gasteiger partial charge < -0.3 is 10.4 Å². The van der Waals surface area contributed by atoms with Gasteiger partial charge in [-0.05, 0) is 30.5 Å². The lowest BCUT2D eigenvalue weighted by Crippen LogP contribution is -2.33. The molecule has 0 bridgehead atoms. The van der Waals surface area contributed by atoms with Crippen molar-refractivity contribution in [3.8, 4) is 6.07 Å². The summed E-state index contributed by atoms with van der Waals surface area (Å²) in [5, 5.41) is 22.2. The Morgan fingerprint density at radius 1 is 1.21 bits per heavy atom. The number of aliphatic hydroxyl groups is 1. The van der Waals surface area contributed by atoms with Crippen LogP contribution in [0.1, 0.15) is 50.8 Å². The second kappa shape index (κ2) is 7.93. The van der Waals surface area contributed by atoms with E-state index in [1.165, 1.54) is 0 Å². The van der Waals surface area contributed by atoms with Crippen LogP contribution >= 0.6 is 0 Å². The van der Waals surface area contributed by atoms with Crippen molar-refractivity contribution in [3.63, 3.8) is 0 Å². The van der Waals surface area contributed by atoms with E-state index in [0.29, 0.717) is 18.0 Å². The van der Waals surface area contributed by atoms with Gasteiger partial charge in [0.15, 0.2) is 0 Å². The lowest BCUT2D eigenvalue weighted by molar-refractivity contribution is 0.0989. The third kappa shape index (κ3) is 4.66. The van der Waals surface area contributed by atoms with Crippen LogP contribution < -0.4 is 5.32 Å². The van der Waals surface area contributed by atoms with Crippen LogP contribution in [0, 0.1) is 17.2 Å². The molecular formula is C16H24N2O. The fourth-order valence-corrected chi connectivity index (χ4v) is 2.26. The second-order valence-electron chi connectivity index (χ2n) is 5.01. The molecule has 104 valence electrons. The van der Waals surface area contributed by atoms with Crippen LogP contribution in [-0.4, -0.2) is 17.8 Å². The third-order valence-corrected chi connectivity index (χ3v) is 3.77. The van der Waals surface area contributed by atoms with Crippen molar-refractivity contribution in [2.24, 2.45) is 5.92 Å². The molecule has 1 rings (SSSR count). The number of nitrogens with zero attached hydrogens (tertiary/aromatic N) is 1. The Morgan fingerprint density at radius 2 is 1.79 bits per heavy atom. The fourth-order valence-electron chi connectivity index (χ4n) is 2.26. The zero-order valence-electron chi connectivity index (χ0n) is 12.1. The number of rotatable bonds is 7. The Labute approximate surface area is 116 Å². The van der Waals surface area contributed by atoms with Gasteiger partial charge in [0.25, 0.3) is 0 Å². The molecule has 19 heavy (non-hydrogen) atoms. The van der Waals surface area contributed by atoms with E-state index in [-0.39, 0.29) is 12.1 Å². The van der Waals surface area contributed by atoms with Crippen molar-refractivity contribution in [2.75, 3.05) is 6.54 Å². The lowest BCUT2D eigenvalue weighted by atomic mass is 9.96. The highest BCUT2D eigenvalue weighted by Crippen LogP contribution is 2.16. The molecule has 0 radical (unpaired) electrons. The van der Waals surface area contributed by atoms with Crippen molar-refractivity contribution >= 4 is 0 Å². The van der Waals surface area contributed by atoms with Crippen LogP contribution in [-0.2, 0) is 0 Å². The van der Waals surface area contributed by atoms with E-state index in [2.05, 4.69) is 32.2 Å². The van der Waals surface area contributed by atoms with Crippen LogP contribution in [0.15, 0.2) is 24.3 Å². The van der Waals surface area contributed by atoms with Crippen LogP contribution in [0.4, 0.5) is 0 Å². The van der Waals surface area contributed by atoms with Gasteiger partial charge in [-0.15, -0.1) is 0 Å². The average molecular weight is 260 g/mol. The van der Waals surface area contributed by atoms with E-state index in [1.54, 1.807) is 0 Å². The molecule has 3 nitrogen and oxygen atoms in total. The van der Waals surface area contributed by atoms with E-state index in [9.17, 15) is 5.11 Å². The van der Waals surface area contributed by atoms with E-state index in [0.717, 1.165) is 18.4 Å². The monoisotopic (exact) mass is 260 g/mol.